The number of sulfonamides is 1. The van der Waals surface area contributed by atoms with Crippen LogP contribution in [0.25, 0.3) is 0 Å². The first-order valence-corrected chi connectivity index (χ1v) is 7.56. The molecule has 1 heterocycles. The second kappa shape index (κ2) is 5.02. The molecule has 96 valence electrons. The van der Waals surface area contributed by atoms with Crippen molar-refractivity contribution in [1.82, 2.24) is 10.0 Å². The highest BCUT2D eigenvalue weighted by Crippen LogP contribution is 2.17. The molecule has 16 heavy (non-hydrogen) atoms. The lowest BCUT2D eigenvalue weighted by atomic mass is 10.0. The summed E-state index contributed by atoms with van der Waals surface area (Å²) < 4.78 is 26.6. The van der Waals surface area contributed by atoms with Crippen LogP contribution in [0.4, 0.5) is 0 Å². The maximum atomic E-state index is 11.9. The van der Waals surface area contributed by atoms with E-state index >= 15 is 0 Å². The molecule has 0 aromatic heterocycles. The second-order valence-electron chi connectivity index (χ2n) is 6.01. The van der Waals surface area contributed by atoms with Gasteiger partial charge in [-0.2, -0.15) is 0 Å². The Morgan fingerprint density at radius 3 is 2.50 bits per heavy atom. The first-order valence-electron chi connectivity index (χ1n) is 5.91. The summed E-state index contributed by atoms with van der Waals surface area (Å²) in [5.74, 6) is 0.193. The summed E-state index contributed by atoms with van der Waals surface area (Å²) >= 11 is 0. The summed E-state index contributed by atoms with van der Waals surface area (Å²) in [6.45, 7) is 8.81. The Kier molecular flexibility index (Phi) is 4.37. The minimum atomic E-state index is -3.14. The van der Waals surface area contributed by atoms with Gasteiger partial charge in [-0.05, 0) is 31.7 Å². The highest BCUT2D eigenvalue weighted by Gasteiger charge is 2.26. The zero-order chi connectivity index (χ0) is 12.4. The van der Waals surface area contributed by atoms with Crippen LogP contribution in [0, 0.1) is 5.41 Å². The number of hydrogen-bond acceptors (Lipinski definition) is 3. The molecule has 2 unspecified atom stereocenters. The van der Waals surface area contributed by atoms with E-state index < -0.39 is 10.0 Å². The van der Waals surface area contributed by atoms with Gasteiger partial charge in [0, 0.05) is 12.1 Å². The molecule has 1 fully saturated rings. The maximum absolute atomic E-state index is 11.9. The normalized spacial score (nSPS) is 28.0. The fourth-order valence-electron chi connectivity index (χ4n) is 2.10. The van der Waals surface area contributed by atoms with Crippen LogP contribution in [0.3, 0.4) is 0 Å². The van der Waals surface area contributed by atoms with Crippen molar-refractivity contribution in [1.29, 1.82) is 0 Å². The van der Waals surface area contributed by atoms with E-state index in [4.69, 9.17) is 0 Å². The van der Waals surface area contributed by atoms with Gasteiger partial charge in [0.05, 0.1) is 5.75 Å². The molecule has 0 amide bonds. The lowest BCUT2D eigenvalue weighted by Crippen LogP contribution is -2.47. The van der Waals surface area contributed by atoms with E-state index in [1.54, 1.807) is 0 Å². The van der Waals surface area contributed by atoms with Crippen molar-refractivity contribution in [2.75, 3.05) is 12.3 Å². The van der Waals surface area contributed by atoms with E-state index in [1.807, 2.05) is 20.8 Å². The summed E-state index contributed by atoms with van der Waals surface area (Å²) in [6.07, 6.45) is 1.76. The molecule has 0 bridgehead atoms. The minimum absolute atomic E-state index is 0.101. The minimum Gasteiger partial charge on any atom is -0.314 e. The van der Waals surface area contributed by atoms with Crippen molar-refractivity contribution < 1.29 is 8.42 Å². The predicted molar refractivity (Wildman–Crippen MR) is 66.9 cm³/mol. The monoisotopic (exact) mass is 248 g/mol. The Morgan fingerprint density at radius 1 is 1.38 bits per heavy atom. The van der Waals surface area contributed by atoms with E-state index in [1.165, 1.54) is 0 Å². The molecule has 0 aliphatic carbocycles. The molecule has 2 N–H and O–H groups in total. The molecule has 1 saturated heterocycles. The lowest BCUT2D eigenvalue weighted by molar-refractivity contribution is 0.359. The van der Waals surface area contributed by atoms with E-state index in [2.05, 4.69) is 17.0 Å². The van der Waals surface area contributed by atoms with E-state index in [0.29, 0.717) is 6.04 Å². The molecule has 0 aromatic carbocycles. The maximum Gasteiger partial charge on any atom is 0.212 e. The number of hydrogen-bond donors (Lipinski definition) is 2. The van der Waals surface area contributed by atoms with Crippen molar-refractivity contribution in [3.05, 3.63) is 0 Å². The first kappa shape index (κ1) is 13.9. The SMILES string of the molecule is CC1CC(NS(=O)(=O)CC(C)(C)C)CCN1. The van der Waals surface area contributed by atoms with Crippen molar-refractivity contribution in [2.45, 2.75) is 52.6 Å². The fraction of sp³-hybridized carbons (Fsp3) is 1.00. The molecular formula is C11H24N2O2S. The van der Waals surface area contributed by atoms with Crippen molar-refractivity contribution in [2.24, 2.45) is 5.41 Å². The third-order valence-electron chi connectivity index (χ3n) is 2.59. The zero-order valence-electron chi connectivity index (χ0n) is 10.7. The van der Waals surface area contributed by atoms with Gasteiger partial charge < -0.3 is 5.32 Å². The summed E-state index contributed by atoms with van der Waals surface area (Å²) in [4.78, 5) is 0. The van der Waals surface area contributed by atoms with Gasteiger partial charge in [-0.25, -0.2) is 13.1 Å². The quantitative estimate of drug-likeness (QED) is 0.786. The van der Waals surface area contributed by atoms with E-state index in [-0.39, 0.29) is 17.2 Å². The van der Waals surface area contributed by atoms with Gasteiger partial charge in [-0.1, -0.05) is 20.8 Å². The average Bonchev–Trinajstić information content (AvgIpc) is 1.96. The van der Waals surface area contributed by atoms with E-state index in [9.17, 15) is 8.42 Å². The van der Waals surface area contributed by atoms with Gasteiger partial charge in [0.1, 0.15) is 0 Å². The molecule has 0 radical (unpaired) electrons. The summed E-state index contributed by atoms with van der Waals surface area (Å²) in [7, 11) is -3.14. The highest BCUT2D eigenvalue weighted by molar-refractivity contribution is 7.89. The topological polar surface area (TPSA) is 58.2 Å². The molecule has 0 spiro atoms. The highest BCUT2D eigenvalue weighted by atomic mass is 32.2. The molecule has 1 aliphatic rings. The van der Waals surface area contributed by atoms with Crippen LogP contribution in [-0.2, 0) is 10.0 Å². The van der Waals surface area contributed by atoms with Crippen LogP contribution >= 0.6 is 0 Å². The van der Waals surface area contributed by atoms with Gasteiger partial charge >= 0.3 is 0 Å². The predicted octanol–water partition coefficient (Wildman–Crippen LogP) is 1.09. The second-order valence-corrected chi connectivity index (χ2v) is 7.77. The van der Waals surface area contributed by atoms with Crippen molar-refractivity contribution in [3.8, 4) is 0 Å². The number of nitrogens with one attached hydrogen (secondary N) is 2. The van der Waals surface area contributed by atoms with Gasteiger partial charge in [0.15, 0.2) is 0 Å². The van der Waals surface area contributed by atoms with Crippen LogP contribution in [0.5, 0.6) is 0 Å². The average molecular weight is 248 g/mol. The molecule has 2 atom stereocenters. The Bertz CT molecular complexity index is 319. The molecule has 4 nitrogen and oxygen atoms in total. The molecule has 1 rings (SSSR count). The molecule has 5 heteroatoms. The van der Waals surface area contributed by atoms with Crippen molar-refractivity contribution >= 4 is 10.0 Å². The van der Waals surface area contributed by atoms with Gasteiger partial charge in [-0.15, -0.1) is 0 Å². The molecular weight excluding hydrogens is 224 g/mol. The summed E-state index contributed by atoms with van der Waals surface area (Å²) in [6, 6.07) is 0.500. The van der Waals surface area contributed by atoms with Crippen LogP contribution in [0.15, 0.2) is 0 Å². The largest absolute Gasteiger partial charge is 0.314 e. The summed E-state index contributed by atoms with van der Waals surface area (Å²) in [5.41, 5.74) is -0.190. The van der Waals surface area contributed by atoms with Crippen LogP contribution < -0.4 is 10.0 Å². The molecule has 0 saturated carbocycles. The van der Waals surface area contributed by atoms with Gasteiger partial charge in [0.2, 0.25) is 10.0 Å². The smallest absolute Gasteiger partial charge is 0.212 e. The van der Waals surface area contributed by atoms with Gasteiger partial charge in [0.25, 0.3) is 0 Å². The number of rotatable bonds is 3. The first-order chi connectivity index (χ1) is 7.18. The van der Waals surface area contributed by atoms with Gasteiger partial charge in [-0.3, -0.25) is 0 Å². The van der Waals surface area contributed by atoms with Crippen LogP contribution in [-0.4, -0.2) is 32.8 Å². The standard InChI is InChI=1S/C11H24N2O2S/c1-9-7-10(5-6-12-9)13-16(14,15)8-11(2,3)4/h9-10,12-13H,5-8H2,1-4H3. The third kappa shape index (κ3) is 5.27. The fourth-order valence-corrected chi connectivity index (χ4v) is 4.05. The summed E-state index contributed by atoms with van der Waals surface area (Å²) in [5, 5.41) is 3.31. The molecule has 1 aliphatic heterocycles. The Labute approximate surface area is 99.2 Å². The zero-order valence-corrected chi connectivity index (χ0v) is 11.5. The Hall–Kier alpha value is -0.130. The Morgan fingerprint density at radius 2 is 2.00 bits per heavy atom. The molecule has 0 aromatic rings. The van der Waals surface area contributed by atoms with Crippen LogP contribution in [0.2, 0.25) is 0 Å². The van der Waals surface area contributed by atoms with E-state index in [0.717, 1.165) is 19.4 Å². The number of piperidine rings is 1. The third-order valence-corrected chi connectivity index (χ3v) is 4.53. The van der Waals surface area contributed by atoms with Crippen molar-refractivity contribution in [3.63, 3.8) is 0 Å². The lowest BCUT2D eigenvalue weighted by Gasteiger charge is -2.29. The Balaban J connectivity index is 2.52. The van der Waals surface area contributed by atoms with Crippen LogP contribution in [0.1, 0.15) is 40.5 Å².